The number of carbonyl (C=O) groups excluding carboxylic acids is 2. The van der Waals surface area contributed by atoms with Crippen molar-refractivity contribution in [2.45, 2.75) is 26.9 Å². The van der Waals surface area contributed by atoms with Gasteiger partial charge in [-0.1, -0.05) is 6.07 Å². The molecule has 0 saturated heterocycles. The Morgan fingerprint density at radius 1 is 0.806 bits per heavy atom. The second kappa shape index (κ2) is 9.80. The number of anilines is 1. The Labute approximate surface area is 181 Å². The summed E-state index contributed by atoms with van der Waals surface area (Å²) in [6, 6.07) is 19.1. The average molecular weight is 419 g/mol. The summed E-state index contributed by atoms with van der Waals surface area (Å²) in [5.74, 6) is 0.874. The van der Waals surface area contributed by atoms with Crippen molar-refractivity contribution in [3.8, 4) is 17.2 Å². The van der Waals surface area contributed by atoms with Crippen LogP contribution in [0.1, 0.15) is 28.4 Å². The maximum Gasteiger partial charge on any atom is 0.352 e. The number of ether oxygens (including phenoxy) is 3. The molecule has 0 fully saturated rings. The summed E-state index contributed by atoms with van der Waals surface area (Å²) in [5.41, 5.74) is 3.20. The molecule has 160 valence electrons. The molecule has 0 bridgehead atoms. The van der Waals surface area contributed by atoms with Crippen LogP contribution in [0, 0.1) is 13.8 Å². The molecule has 0 radical (unpaired) electrons. The summed E-state index contributed by atoms with van der Waals surface area (Å²) in [6.45, 7) is 5.57. The molecule has 0 aromatic heterocycles. The molecule has 1 N–H and O–H groups in total. The van der Waals surface area contributed by atoms with E-state index in [4.69, 9.17) is 14.2 Å². The summed E-state index contributed by atoms with van der Waals surface area (Å²) in [7, 11) is 1.58. The van der Waals surface area contributed by atoms with E-state index in [1.165, 1.54) is 0 Å². The second-order valence-corrected chi connectivity index (χ2v) is 7.21. The van der Waals surface area contributed by atoms with Gasteiger partial charge in [-0.05, 0) is 92.6 Å². The van der Waals surface area contributed by atoms with Crippen molar-refractivity contribution in [3.05, 3.63) is 83.4 Å². The molecule has 0 aliphatic rings. The maximum atomic E-state index is 12.4. The molecule has 31 heavy (non-hydrogen) atoms. The zero-order chi connectivity index (χ0) is 22.4. The molecule has 3 rings (SSSR count). The van der Waals surface area contributed by atoms with E-state index < -0.39 is 12.1 Å². The van der Waals surface area contributed by atoms with Gasteiger partial charge < -0.3 is 19.5 Å². The van der Waals surface area contributed by atoms with Crippen LogP contribution in [0.5, 0.6) is 17.2 Å². The molecule has 6 heteroatoms. The van der Waals surface area contributed by atoms with Gasteiger partial charge in [0.25, 0.3) is 5.91 Å². The van der Waals surface area contributed by atoms with Gasteiger partial charge in [-0.15, -0.1) is 0 Å². The monoisotopic (exact) mass is 419 g/mol. The van der Waals surface area contributed by atoms with Crippen LogP contribution in [0.3, 0.4) is 0 Å². The fraction of sp³-hybridized carbons (Fsp3) is 0.200. The highest BCUT2D eigenvalue weighted by molar-refractivity contribution is 6.04. The zero-order valence-corrected chi connectivity index (χ0v) is 18.0. The van der Waals surface area contributed by atoms with E-state index in [1.807, 2.05) is 32.0 Å². The number of esters is 1. The lowest BCUT2D eigenvalue weighted by molar-refractivity contribution is -0.141. The number of rotatable bonds is 7. The third kappa shape index (κ3) is 6.09. The molecule has 0 aliphatic carbocycles. The Balaban J connectivity index is 1.57. The Bertz CT molecular complexity index is 1040. The van der Waals surface area contributed by atoms with Crippen molar-refractivity contribution in [1.82, 2.24) is 0 Å². The number of nitrogens with one attached hydrogen (secondary N) is 1. The Kier molecular flexibility index (Phi) is 6.92. The largest absolute Gasteiger partial charge is 0.497 e. The maximum absolute atomic E-state index is 12.4. The molecule has 6 nitrogen and oxygen atoms in total. The minimum Gasteiger partial charge on any atom is -0.497 e. The number of amides is 1. The van der Waals surface area contributed by atoms with Crippen molar-refractivity contribution >= 4 is 17.6 Å². The standard InChI is InChI=1S/C25H25NO5/c1-16-13-17(2)15-23(14-16)30-18(3)25(28)31-22-9-5-19(6-10-22)24(27)26-20-7-11-21(29-4)12-8-20/h5-15,18H,1-4H3,(H,26,27). The first-order chi connectivity index (χ1) is 14.8. The highest BCUT2D eigenvalue weighted by Crippen LogP contribution is 2.20. The fourth-order valence-corrected chi connectivity index (χ4v) is 3.00. The van der Waals surface area contributed by atoms with Crippen LogP contribution in [0.4, 0.5) is 5.69 Å². The van der Waals surface area contributed by atoms with Crippen LogP contribution in [0.2, 0.25) is 0 Å². The first-order valence-electron chi connectivity index (χ1n) is 9.86. The predicted molar refractivity (Wildman–Crippen MR) is 119 cm³/mol. The quantitative estimate of drug-likeness (QED) is 0.434. The minimum atomic E-state index is -0.778. The van der Waals surface area contributed by atoms with Crippen LogP contribution in [-0.4, -0.2) is 25.1 Å². The highest BCUT2D eigenvalue weighted by Gasteiger charge is 2.18. The molecule has 0 saturated carbocycles. The molecular formula is C25H25NO5. The Morgan fingerprint density at radius 2 is 1.39 bits per heavy atom. The molecule has 0 aliphatic heterocycles. The first-order valence-corrected chi connectivity index (χ1v) is 9.86. The van der Waals surface area contributed by atoms with Crippen LogP contribution in [0.25, 0.3) is 0 Å². The lowest BCUT2D eigenvalue weighted by Gasteiger charge is -2.15. The summed E-state index contributed by atoms with van der Waals surface area (Å²) >= 11 is 0. The summed E-state index contributed by atoms with van der Waals surface area (Å²) in [6.07, 6.45) is -0.778. The SMILES string of the molecule is COc1ccc(NC(=O)c2ccc(OC(=O)C(C)Oc3cc(C)cc(C)c3)cc2)cc1. The van der Waals surface area contributed by atoms with Crippen molar-refractivity contribution in [2.75, 3.05) is 12.4 Å². The lowest BCUT2D eigenvalue weighted by atomic mass is 10.1. The number of benzene rings is 3. The van der Waals surface area contributed by atoms with Gasteiger partial charge in [0.15, 0.2) is 6.10 Å². The number of aryl methyl sites for hydroxylation is 2. The Morgan fingerprint density at radius 3 is 1.97 bits per heavy atom. The van der Waals surface area contributed by atoms with Gasteiger partial charge in [0, 0.05) is 11.3 Å². The lowest BCUT2D eigenvalue weighted by Crippen LogP contribution is -2.28. The van der Waals surface area contributed by atoms with Gasteiger partial charge in [-0.3, -0.25) is 4.79 Å². The predicted octanol–water partition coefficient (Wildman–Crippen LogP) is 4.94. The van der Waals surface area contributed by atoms with Gasteiger partial charge in [0.1, 0.15) is 17.2 Å². The van der Waals surface area contributed by atoms with Crippen molar-refractivity contribution in [1.29, 1.82) is 0 Å². The smallest absolute Gasteiger partial charge is 0.352 e. The summed E-state index contributed by atoms with van der Waals surface area (Å²) in [5, 5.41) is 2.80. The molecule has 0 heterocycles. The third-order valence-electron chi connectivity index (χ3n) is 4.52. The first kappa shape index (κ1) is 21.9. The van der Waals surface area contributed by atoms with E-state index in [0.717, 1.165) is 11.1 Å². The molecule has 1 atom stereocenters. The summed E-state index contributed by atoms with van der Waals surface area (Å²) in [4.78, 5) is 24.8. The van der Waals surface area contributed by atoms with Gasteiger partial charge in [0.05, 0.1) is 7.11 Å². The van der Waals surface area contributed by atoms with E-state index in [1.54, 1.807) is 62.6 Å². The minimum absolute atomic E-state index is 0.269. The normalized spacial score (nSPS) is 11.4. The molecule has 3 aromatic carbocycles. The number of hydrogen-bond donors (Lipinski definition) is 1. The van der Waals surface area contributed by atoms with Crippen molar-refractivity contribution in [2.24, 2.45) is 0 Å². The fourth-order valence-electron chi connectivity index (χ4n) is 3.00. The van der Waals surface area contributed by atoms with Crippen molar-refractivity contribution in [3.63, 3.8) is 0 Å². The van der Waals surface area contributed by atoms with Gasteiger partial charge in [-0.2, -0.15) is 0 Å². The van der Waals surface area contributed by atoms with Gasteiger partial charge in [-0.25, -0.2) is 4.79 Å². The molecule has 1 unspecified atom stereocenters. The number of methoxy groups -OCH3 is 1. The average Bonchev–Trinajstić information content (AvgIpc) is 2.74. The number of carbonyl (C=O) groups is 2. The van der Waals surface area contributed by atoms with E-state index in [-0.39, 0.29) is 5.91 Å². The van der Waals surface area contributed by atoms with Gasteiger partial charge >= 0.3 is 5.97 Å². The highest BCUT2D eigenvalue weighted by atomic mass is 16.6. The number of hydrogen-bond acceptors (Lipinski definition) is 5. The van der Waals surface area contributed by atoms with Crippen molar-refractivity contribution < 1.29 is 23.8 Å². The van der Waals surface area contributed by atoms with E-state index >= 15 is 0 Å². The van der Waals surface area contributed by atoms with Crippen LogP contribution in [-0.2, 0) is 4.79 Å². The molecular weight excluding hydrogens is 394 g/mol. The second-order valence-electron chi connectivity index (χ2n) is 7.21. The van der Waals surface area contributed by atoms with Crippen LogP contribution < -0.4 is 19.5 Å². The topological polar surface area (TPSA) is 73.9 Å². The van der Waals surface area contributed by atoms with E-state index in [2.05, 4.69) is 5.32 Å². The third-order valence-corrected chi connectivity index (χ3v) is 4.52. The van der Waals surface area contributed by atoms with E-state index in [0.29, 0.717) is 28.5 Å². The Hall–Kier alpha value is -3.80. The molecule has 3 aromatic rings. The van der Waals surface area contributed by atoms with Crippen LogP contribution in [0.15, 0.2) is 66.7 Å². The van der Waals surface area contributed by atoms with Crippen LogP contribution >= 0.6 is 0 Å². The van der Waals surface area contributed by atoms with Gasteiger partial charge in [0.2, 0.25) is 0 Å². The summed E-state index contributed by atoms with van der Waals surface area (Å²) < 4.78 is 16.2. The van der Waals surface area contributed by atoms with E-state index in [9.17, 15) is 9.59 Å². The molecule has 1 amide bonds. The zero-order valence-electron chi connectivity index (χ0n) is 18.0. The molecule has 0 spiro atoms.